The predicted octanol–water partition coefficient (Wildman–Crippen LogP) is 1.04. The Kier molecular flexibility index (Phi) is 5.45. The number of nitrogens with one attached hydrogen (secondary N) is 1. The van der Waals surface area contributed by atoms with Crippen LogP contribution < -0.4 is 5.32 Å². The van der Waals surface area contributed by atoms with E-state index in [0.29, 0.717) is 31.7 Å². The molecule has 0 saturated carbocycles. The van der Waals surface area contributed by atoms with Gasteiger partial charge in [0.2, 0.25) is 11.8 Å². The summed E-state index contributed by atoms with van der Waals surface area (Å²) in [5, 5.41) is 3.27. The Hall–Kier alpha value is -1.95. The summed E-state index contributed by atoms with van der Waals surface area (Å²) in [6.45, 7) is 4.01. The maximum absolute atomic E-state index is 13.7. The van der Waals surface area contributed by atoms with Crippen LogP contribution in [0.1, 0.15) is 18.4 Å². The molecular weight excluding hydrogens is 309 g/mol. The highest BCUT2D eigenvalue weighted by Crippen LogP contribution is 2.17. The molecule has 5 nitrogen and oxygen atoms in total. The zero-order chi connectivity index (χ0) is 16.9. The fourth-order valence-corrected chi connectivity index (χ4v) is 3.42. The highest BCUT2D eigenvalue weighted by Gasteiger charge is 2.29. The van der Waals surface area contributed by atoms with E-state index in [1.54, 1.807) is 23.1 Å². The van der Waals surface area contributed by atoms with E-state index >= 15 is 0 Å². The molecule has 0 atom stereocenters. The molecule has 130 valence electrons. The molecule has 2 heterocycles. The van der Waals surface area contributed by atoms with Gasteiger partial charge in [-0.05, 0) is 37.6 Å². The van der Waals surface area contributed by atoms with E-state index in [0.717, 1.165) is 25.9 Å². The van der Waals surface area contributed by atoms with Gasteiger partial charge < -0.3 is 15.1 Å². The molecule has 0 radical (unpaired) electrons. The molecule has 2 amide bonds. The third-order valence-electron chi connectivity index (χ3n) is 4.93. The van der Waals surface area contributed by atoms with Gasteiger partial charge in [0.15, 0.2) is 0 Å². The number of rotatable bonds is 3. The molecular formula is C18H24FN3O2. The van der Waals surface area contributed by atoms with Crippen molar-refractivity contribution in [2.24, 2.45) is 5.92 Å². The summed E-state index contributed by atoms with van der Waals surface area (Å²) in [4.78, 5) is 28.5. The number of piperazine rings is 1. The van der Waals surface area contributed by atoms with Gasteiger partial charge in [-0.3, -0.25) is 9.59 Å². The Bertz CT molecular complexity index is 594. The first-order valence-electron chi connectivity index (χ1n) is 8.66. The Morgan fingerprint density at radius 1 is 1.04 bits per heavy atom. The quantitative estimate of drug-likeness (QED) is 0.899. The van der Waals surface area contributed by atoms with Crippen molar-refractivity contribution in [3.63, 3.8) is 0 Å². The first kappa shape index (κ1) is 16.9. The molecule has 2 fully saturated rings. The Morgan fingerprint density at radius 3 is 2.33 bits per heavy atom. The summed E-state index contributed by atoms with van der Waals surface area (Å²) in [5.74, 6) is -0.0794. The van der Waals surface area contributed by atoms with Crippen molar-refractivity contribution in [3.05, 3.63) is 35.6 Å². The number of carbonyl (C=O) groups is 2. The second-order valence-corrected chi connectivity index (χ2v) is 6.50. The molecule has 0 unspecified atom stereocenters. The van der Waals surface area contributed by atoms with E-state index in [2.05, 4.69) is 5.32 Å². The molecule has 6 heteroatoms. The lowest BCUT2D eigenvalue weighted by Crippen LogP contribution is -2.53. The molecule has 2 aliphatic heterocycles. The second-order valence-electron chi connectivity index (χ2n) is 6.50. The molecule has 0 aromatic heterocycles. The summed E-state index contributed by atoms with van der Waals surface area (Å²) in [5.41, 5.74) is 0.427. The van der Waals surface area contributed by atoms with Crippen LogP contribution in [0.5, 0.6) is 0 Å². The van der Waals surface area contributed by atoms with Gasteiger partial charge in [-0.2, -0.15) is 0 Å². The van der Waals surface area contributed by atoms with Crippen molar-refractivity contribution in [2.75, 3.05) is 39.3 Å². The largest absolute Gasteiger partial charge is 0.339 e. The first-order valence-corrected chi connectivity index (χ1v) is 8.66. The number of amides is 2. The van der Waals surface area contributed by atoms with Crippen molar-refractivity contribution in [1.29, 1.82) is 0 Å². The summed E-state index contributed by atoms with van der Waals surface area (Å²) in [6.07, 6.45) is 1.87. The molecule has 24 heavy (non-hydrogen) atoms. The minimum absolute atomic E-state index is 0.0749. The molecule has 1 N–H and O–H groups in total. The fourth-order valence-electron chi connectivity index (χ4n) is 3.42. The van der Waals surface area contributed by atoms with Gasteiger partial charge in [0, 0.05) is 32.1 Å². The summed E-state index contributed by atoms with van der Waals surface area (Å²) < 4.78 is 13.7. The molecule has 0 aliphatic carbocycles. The highest BCUT2D eigenvalue weighted by molar-refractivity contribution is 5.81. The molecule has 3 rings (SSSR count). The van der Waals surface area contributed by atoms with Gasteiger partial charge >= 0.3 is 0 Å². The maximum Gasteiger partial charge on any atom is 0.227 e. The van der Waals surface area contributed by atoms with Crippen LogP contribution in [0.15, 0.2) is 24.3 Å². The van der Waals surface area contributed by atoms with Crippen molar-refractivity contribution in [2.45, 2.75) is 19.3 Å². The van der Waals surface area contributed by atoms with Gasteiger partial charge in [-0.25, -0.2) is 4.39 Å². The van der Waals surface area contributed by atoms with Gasteiger partial charge in [-0.15, -0.1) is 0 Å². The minimum Gasteiger partial charge on any atom is -0.339 e. The normalized spacial score (nSPS) is 19.4. The Morgan fingerprint density at radius 2 is 1.67 bits per heavy atom. The van der Waals surface area contributed by atoms with E-state index in [9.17, 15) is 14.0 Å². The predicted molar refractivity (Wildman–Crippen MR) is 88.9 cm³/mol. The zero-order valence-corrected chi connectivity index (χ0v) is 13.8. The van der Waals surface area contributed by atoms with E-state index in [1.165, 1.54) is 6.07 Å². The standard InChI is InChI=1S/C18H24FN3O2/c19-16-4-2-1-3-15(16)13-17(23)21-9-11-22(12-10-21)18(24)14-5-7-20-8-6-14/h1-4,14,20H,5-13H2. The molecule has 0 spiro atoms. The zero-order valence-electron chi connectivity index (χ0n) is 13.8. The lowest BCUT2D eigenvalue weighted by atomic mass is 9.96. The van der Waals surface area contributed by atoms with Crippen molar-refractivity contribution < 1.29 is 14.0 Å². The van der Waals surface area contributed by atoms with E-state index in [-0.39, 0.29) is 30.0 Å². The van der Waals surface area contributed by atoms with Crippen molar-refractivity contribution >= 4 is 11.8 Å². The van der Waals surface area contributed by atoms with Gasteiger partial charge in [0.1, 0.15) is 5.82 Å². The average molecular weight is 333 g/mol. The van der Waals surface area contributed by atoms with Gasteiger partial charge in [0.05, 0.1) is 6.42 Å². The van der Waals surface area contributed by atoms with Gasteiger partial charge in [0.25, 0.3) is 0 Å². The van der Waals surface area contributed by atoms with E-state index in [4.69, 9.17) is 0 Å². The van der Waals surface area contributed by atoms with Crippen LogP contribution in [-0.2, 0) is 16.0 Å². The van der Waals surface area contributed by atoms with Gasteiger partial charge in [-0.1, -0.05) is 18.2 Å². The van der Waals surface area contributed by atoms with Crippen LogP contribution in [0.2, 0.25) is 0 Å². The van der Waals surface area contributed by atoms with Crippen LogP contribution in [-0.4, -0.2) is 60.9 Å². The highest BCUT2D eigenvalue weighted by atomic mass is 19.1. The number of carbonyl (C=O) groups excluding carboxylic acids is 2. The molecule has 0 bridgehead atoms. The summed E-state index contributed by atoms with van der Waals surface area (Å²) in [7, 11) is 0. The summed E-state index contributed by atoms with van der Waals surface area (Å²) in [6, 6.07) is 6.37. The summed E-state index contributed by atoms with van der Waals surface area (Å²) >= 11 is 0. The fraction of sp³-hybridized carbons (Fsp3) is 0.556. The average Bonchev–Trinajstić information content (AvgIpc) is 2.64. The molecule has 1 aromatic carbocycles. The van der Waals surface area contributed by atoms with E-state index in [1.807, 2.05) is 4.90 Å². The second kappa shape index (κ2) is 7.75. The third kappa shape index (κ3) is 3.93. The van der Waals surface area contributed by atoms with Crippen LogP contribution in [0.4, 0.5) is 4.39 Å². The molecule has 2 saturated heterocycles. The number of hydrogen-bond acceptors (Lipinski definition) is 3. The van der Waals surface area contributed by atoms with Crippen LogP contribution >= 0.6 is 0 Å². The van der Waals surface area contributed by atoms with Crippen LogP contribution in [0.3, 0.4) is 0 Å². The molecule has 1 aromatic rings. The van der Waals surface area contributed by atoms with Crippen molar-refractivity contribution in [1.82, 2.24) is 15.1 Å². The Balaban J connectivity index is 1.50. The maximum atomic E-state index is 13.7. The third-order valence-corrected chi connectivity index (χ3v) is 4.93. The number of halogens is 1. The minimum atomic E-state index is -0.342. The van der Waals surface area contributed by atoms with Crippen molar-refractivity contribution in [3.8, 4) is 0 Å². The lowest BCUT2D eigenvalue weighted by Gasteiger charge is -2.37. The van der Waals surface area contributed by atoms with E-state index < -0.39 is 0 Å². The number of piperidine rings is 1. The molecule has 2 aliphatic rings. The smallest absolute Gasteiger partial charge is 0.227 e. The SMILES string of the molecule is O=C(Cc1ccccc1F)N1CCN(C(=O)C2CCNCC2)CC1. The monoisotopic (exact) mass is 333 g/mol. The van der Waals surface area contributed by atoms with Crippen LogP contribution in [0.25, 0.3) is 0 Å². The number of hydrogen-bond donors (Lipinski definition) is 1. The topological polar surface area (TPSA) is 52.7 Å². The van der Waals surface area contributed by atoms with Crippen LogP contribution in [0, 0.1) is 11.7 Å². The number of benzene rings is 1. The lowest BCUT2D eigenvalue weighted by molar-refractivity contribution is -0.142. The Labute approximate surface area is 141 Å². The number of nitrogens with zero attached hydrogens (tertiary/aromatic N) is 2. The first-order chi connectivity index (χ1) is 11.6.